The van der Waals surface area contributed by atoms with Crippen molar-refractivity contribution in [2.75, 3.05) is 13.1 Å². The molecule has 2 aliphatic rings. The minimum absolute atomic E-state index is 0.234. The number of nitrogens with one attached hydrogen (secondary N) is 1. The molecule has 2 heterocycles. The summed E-state index contributed by atoms with van der Waals surface area (Å²) in [5, 5.41) is 2.94. The maximum atomic E-state index is 13.9. The Labute approximate surface area is 199 Å². The Hall–Kier alpha value is -3.93. The lowest BCUT2D eigenvalue weighted by molar-refractivity contribution is -0.139. The highest BCUT2D eigenvalue weighted by atomic mass is 16.2. The van der Waals surface area contributed by atoms with Crippen LogP contribution >= 0.6 is 0 Å². The first-order chi connectivity index (χ1) is 16.4. The maximum absolute atomic E-state index is 13.9. The lowest BCUT2D eigenvalue weighted by atomic mass is 9.81. The highest BCUT2D eigenvalue weighted by Crippen LogP contribution is 2.37. The Morgan fingerprint density at radius 3 is 2.32 bits per heavy atom. The summed E-state index contributed by atoms with van der Waals surface area (Å²) in [5.41, 5.74) is 4.44. The van der Waals surface area contributed by atoms with Gasteiger partial charge in [0.25, 0.3) is 5.91 Å². The zero-order valence-corrected chi connectivity index (χ0v) is 19.4. The van der Waals surface area contributed by atoms with E-state index in [4.69, 9.17) is 0 Å². The van der Waals surface area contributed by atoms with Gasteiger partial charge in [0.15, 0.2) is 5.54 Å². The minimum Gasteiger partial charge on any atom is -0.336 e. The smallest absolute Gasteiger partial charge is 0.326 e. The number of benzene rings is 3. The summed E-state index contributed by atoms with van der Waals surface area (Å²) < 4.78 is 0. The van der Waals surface area contributed by atoms with Gasteiger partial charge >= 0.3 is 6.03 Å². The van der Waals surface area contributed by atoms with Crippen LogP contribution in [0.25, 0.3) is 0 Å². The van der Waals surface area contributed by atoms with Crippen LogP contribution in [-0.2, 0) is 28.1 Å². The second kappa shape index (κ2) is 8.45. The highest BCUT2D eigenvalue weighted by molar-refractivity contribution is 6.11. The average Bonchev–Trinajstić information content (AvgIpc) is 3.11. The van der Waals surface area contributed by atoms with Gasteiger partial charge < -0.3 is 10.2 Å². The van der Waals surface area contributed by atoms with E-state index in [-0.39, 0.29) is 12.5 Å². The standard InChI is InChI=1S/C28H27N3O3/c1-19-12-13-24(16-20(19)2)28(23-10-4-3-5-11-23)26(33)31(27(34)29-28)18-25(32)30-15-14-21-8-6-7-9-22(21)17-30/h3-13,16H,14-15,17-18H2,1-2H3,(H,29,34)/t28-/m0/s1. The third kappa shape index (κ3) is 3.55. The molecule has 0 unspecified atom stereocenters. The number of rotatable bonds is 4. The summed E-state index contributed by atoms with van der Waals surface area (Å²) >= 11 is 0. The second-order valence-electron chi connectivity index (χ2n) is 9.07. The molecule has 1 saturated heterocycles. The molecule has 34 heavy (non-hydrogen) atoms. The quantitative estimate of drug-likeness (QED) is 0.613. The molecule has 0 spiro atoms. The van der Waals surface area contributed by atoms with Gasteiger partial charge in [-0.1, -0.05) is 72.8 Å². The number of amides is 4. The SMILES string of the molecule is Cc1ccc([C@]2(c3ccccc3)NC(=O)N(CC(=O)N3CCc4ccccc4C3)C2=O)cc1C. The molecule has 3 aromatic carbocycles. The monoisotopic (exact) mass is 453 g/mol. The third-order valence-electron chi connectivity index (χ3n) is 7.03. The predicted octanol–water partition coefficient (Wildman–Crippen LogP) is 3.68. The van der Waals surface area contributed by atoms with Gasteiger partial charge in [-0.25, -0.2) is 4.79 Å². The Bertz CT molecular complexity index is 1290. The van der Waals surface area contributed by atoms with Crippen LogP contribution in [0.1, 0.15) is 33.4 Å². The van der Waals surface area contributed by atoms with Crippen LogP contribution in [0.3, 0.4) is 0 Å². The summed E-state index contributed by atoms with van der Waals surface area (Å²) in [6.07, 6.45) is 0.763. The molecule has 3 aromatic rings. The van der Waals surface area contributed by atoms with Gasteiger partial charge in [0.05, 0.1) is 0 Å². The fourth-order valence-corrected chi connectivity index (χ4v) is 4.88. The van der Waals surface area contributed by atoms with E-state index in [0.29, 0.717) is 24.2 Å². The molecule has 1 N–H and O–H groups in total. The number of hydrogen-bond donors (Lipinski definition) is 1. The van der Waals surface area contributed by atoms with Crippen molar-refractivity contribution in [3.63, 3.8) is 0 Å². The zero-order valence-electron chi connectivity index (χ0n) is 19.4. The molecule has 0 bridgehead atoms. The van der Waals surface area contributed by atoms with Crippen molar-refractivity contribution in [1.29, 1.82) is 0 Å². The van der Waals surface area contributed by atoms with Crippen molar-refractivity contribution in [3.8, 4) is 0 Å². The van der Waals surface area contributed by atoms with Gasteiger partial charge in [-0.2, -0.15) is 0 Å². The van der Waals surface area contributed by atoms with Gasteiger partial charge in [0.2, 0.25) is 5.91 Å². The molecule has 6 heteroatoms. The van der Waals surface area contributed by atoms with Crippen LogP contribution in [0.5, 0.6) is 0 Å². The fraction of sp³-hybridized carbons (Fsp3) is 0.250. The lowest BCUT2D eigenvalue weighted by Gasteiger charge is -2.31. The molecule has 0 radical (unpaired) electrons. The molecule has 1 atom stereocenters. The maximum Gasteiger partial charge on any atom is 0.326 e. The number of imide groups is 1. The van der Waals surface area contributed by atoms with Gasteiger partial charge in [-0.05, 0) is 53.6 Å². The second-order valence-corrected chi connectivity index (χ2v) is 9.07. The van der Waals surface area contributed by atoms with Gasteiger partial charge in [0, 0.05) is 13.1 Å². The molecular weight excluding hydrogens is 426 g/mol. The molecule has 1 fully saturated rings. The first kappa shape index (κ1) is 21.9. The summed E-state index contributed by atoms with van der Waals surface area (Å²) in [6, 6.07) is 22.5. The van der Waals surface area contributed by atoms with E-state index in [9.17, 15) is 14.4 Å². The Balaban J connectivity index is 1.46. The molecule has 6 nitrogen and oxygen atoms in total. The van der Waals surface area contributed by atoms with Crippen molar-refractivity contribution in [2.24, 2.45) is 0 Å². The van der Waals surface area contributed by atoms with E-state index in [1.807, 2.05) is 80.6 Å². The minimum atomic E-state index is -1.37. The Kier molecular flexibility index (Phi) is 5.44. The summed E-state index contributed by atoms with van der Waals surface area (Å²) in [5.74, 6) is -0.667. The largest absolute Gasteiger partial charge is 0.336 e. The third-order valence-corrected chi connectivity index (χ3v) is 7.03. The van der Waals surface area contributed by atoms with E-state index < -0.39 is 17.5 Å². The molecule has 0 aromatic heterocycles. The van der Waals surface area contributed by atoms with E-state index >= 15 is 0 Å². The first-order valence-electron chi connectivity index (χ1n) is 11.5. The molecule has 4 amide bonds. The number of aryl methyl sites for hydroxylation is 2. The Morgan fingerprint density at radius 2 is 1.59 bits per heavy atom. The van der Waals surface area contributed by atoms with Gasteiger partial charge in [-0.3, -0.25) is 14.5 Å². The Morgan fingerprint density at radius 1 is 0.882 bits per heavy atom. The van der Waals surface area contributed by atoms with Gasteiger partial charge in [-0.15, -0.1) is 0 Å². The molecule has 5 rings (SSSR count). The van der Waals surface area contributed by atoms with E-state index in [0.717, 1.165) is 28.0 Å². The van der Waals surface area contributed by atoms with Crippen molar-refractivity contribution < 1.29 is 14.4 Å². The topological polar surface area (TPSA) is 69.7 Å². The van der Waals surface area contributed by atoms with E-state index in [2.05, 4.69) is 11.4 Å². The molecule has 0 saturated carbocycles. The number of urea groups is 1. The normalized spacial score (nSPS) is 19.7. The molecule has 2 aliphatic heterocycles. The molecule has 172 valence electrons. The van der Waals surface area contributed by atoms with E-state index in [1.54, 1.807) is 4.90 Å². The van der Waals surface area contributed by atoms with E-state index in [1.165, 1.54) is 5.56 Å². The lowest BCUT2D eigenvalue weighted by Crippen LogP contribution is -2.47. The van der Waals surface area contributed by atoms with Crippen LogP contribution < -0.4 is 5.32 Å². The summed E-state index contributed by atoms with van der Waals surface area (Å²) in [6.45, 7) is 4.76. The average molecular weight is 454 g/mol. The highest BCUT2D eigenvalue weighted by Gasteiger charge is 2.54. The predicted molar refractivity (Wildman–Crippen MR) is 129 cm³/mol. The zero-order chi connectivity index (χ0) is 23.9. The van der Waals surface area contributed by atoms with Crippen LogP contribution in [0.2, 0.25) is 0 Å². The first-order valence-corrected chi connectivity index (χ1v) is 11.5. The van der Waals surface area contributed by atoms with Crippen molar-refractivity contribution >= 4 is 17.8 Å². The summed E-state index contributed by atoms with van der Waals surface area (Å²) in [4.78, 5) is 43.0. The van der Waals surface area contributed by atoms with Crippen LogP contribution in [0, 0.1) is 13.8 Å². The fourth-order valence-electron chi connectivity index (χ4n) is 4.88. The van der Waals surface area contributed by atoms with Crippen molar-refractivity contribution in [3.05, 3.63) is 106 Å². The van der Waals surface area contributed by atoms with Crippen molar-refractivity contribution in [2.45, 2.75) is 32.4 Å². The molecular formula is C28H27N3O3. The van der Waals surface area contributed by atoms with Crippen LogP contribution in [0.15, 0.2) is 72.8 Å². The number of hydrogen-bond acceptors (Lipinski definition) is 3. The van der Waals surface area contributed by atoms with Gasteiger partial charge in [0.1, 0.15) is 6.54 Å². The van der Waals surface area contributed by atoms with Crippen LogP contribution in [0.4, 0.5) is 4.79 Å². The van der Waals surface area contributed by atoms with Crippen LogP contribution in [-0.4, -0.2) is 40.7 Å². The number of carbonyl (C=O) groups excluding carboxylic acids is 3. The number of carbonyl (C=O) groups is 3. The van der Waals surface area contributed by atoms with Crippen molar-refractivity contribution in [1.82, 2.24) is 15.1 Å². The molecule has 0 aliphatic carbocycles. The number of fused-ring (bicyclic) bond motifs is 1. The number of nitrogens with zero attached hydrogens (tertiary/aromatic N) is 2. The summed E-state index contributed by atoms with van der Waals surface area (Å²) in [7, 11) is 0.